The molecular formula is C21H34O2P+. The third-order valence-electron chi connectivity index (χ3n) is 4.54. The van der Waals surface area contributed by atoms with Gasteiger partial charge in [0.2, 0.25) is 0 Å². The third kappa shape index (κ3) is 5.24. The number of hydrogen-bond acceptors (Lipinski definition) is 2. The Kier molecular flexibility index (Phi) is 8.30. The van der Waals surface area contributed by atoms with Crippen molar-refractivity contribution < 1.29 is 9.36 Å². The summed E-state index contributed by atoms with van der Waals surface area (Å²) in [7, 11) is -1.83. The van der Waals surface area contributed by atoms with E-state index < -0.39 is 7.80 Å². The van der Waals surface area contributed by atoms with Gasteiger partial charge in [0.25, 0.3) is 0 Å². The summed E-state index contributed by atoms with van der Waals surface area (Å²) in [6.07, 6.45) is 3.50. The molecule has 0 aliphatic carbocycles. The minimum atomic E-state index is -1.83. The Morgan fingerprint density at radius 2 is 1.42 bits per heavy atom. The quantitative estimate of drug-likeness (QED) is 0.348. The molecule has 0 aliphatic heterocycles. The zero-order valence-electron chi connectivity index (χ0n) is 16.5. The highest BCUT2D eigenvalue weighted by Gasteiger charge is 2.34. The molecule has 0 N–H and O–H groups in total. The largest absolute Gasteiger partial charge is 0.420 e. The van der Waals surface area contributed by atoms with Crippen LogP contribution in [0.2, 0.25) is 0 Å². The summed E-state index contributed by atoms with van der Waals surface area (Å²) in [5.74, 6) is 0.917. The van der Waals surface area contributed by atoms with Crippen molar-refractivity contribution in [3.63, 3.8) is 0 Å². The van der Waals surface area contributed by atoms with Crippen LogP contribution in [-0.4, -0.2) is 11.7 Å². The molecule has 0 amide bonds. The molecule has 0 heterocycles. The molecule has 0 aliphatic rings. The lowest BCUT2D eigenvalue weighted by Gasteiger charge is -2.19. The van der Waals surface area contributed by atoms with E-state index >= 15 is 0 Å². The van der Waals surface area contributed by atoms with Crippen molar-refractivity contribution >= 4 is 13.3 Å². The average Bonchev–Trinajstić information content (AvgIpc) is 2.52. The highest BCUT2D eigenvalue weighted by molar-refractivity contribution is 7.64. The average molecular weight is 349 g/mol. The van der Waals surface area contributed by atoms with Gasteiger partial charge in [0.05, 0.1) is 5.56 Å². The lowest BCUT2D eigenvalue weighted by atomic mass is 9.85. The maximum absolute atomic E-state index is 13.0. The Morgan fingerprint density at radius 3 is 1.79 bits per heavy atom. The van der Waals surface area contributed by atoms with E-state index in [4.69, 9.17) is 0 Å². The van der Waals surface area contributed by atoms with E-state index in [2.05, 4.69) is 60.6 Å². The second-order valence-corrected chi connectivity index (χ2v) is 9.26. The van der Waals surface area contributed by atoms with Gasteiger partial charge < -0.3 is 0 Å². The monoisotopic (exact) mass is 349 g/mol. The Morgan fingerprint density at radius 1 is 0.917 bits per heavy atom. The normalized spacial score (nSPS) is 12.3. The van der Waals surface area contributed by atoms with E-state index in [0.717, 1.165) is 36.0 Å². The second kappa shape index (κ2) is 9.47. The lowest BCUT2D eigenvalue weighted by Crippen LogP contribution is -2.10. The fraction of sp³-hybridized carbons (Fsp3) is 0.667. The molecule has 0 aromatic heterocycles. The van der Waals surface area contributed by atoms with Crippen LogP contribution in [0.3, 0.4) is 0 Å². The van der Waals surface area contributed by atoms with Gasteiger partial charge in [0.1, 0.15) is 0 Å². The lowest BCUT2D eigenvalue weighted by molar-refractivity contribution is 0.107. The van der Waals surface area contributed by atoms with Crippen LogP contribution < -0.4 is 0 Å². The van der Waals surface area contributed by atoms with Crippen LogP contribution in [0, 0.1) is 0 Å². The molecule has 1 aromatic rings. The van der Waals surface area contributed by atoms with Crippen LogP contribution in [0.1, 0.15) is 113 Å². The highest BCUT2D eigenvalue weighted by Crippen LogP contribution is 2.38. The van der Waals surface area contributed by atoms with Gasteiger partial charge in [-0.25, -0.2) is 4.79 Å². The smallest absolute Gasteiger partial charge is 0.234 e. The van der Waals surface area contributed by atoms with Crippen LogP contribution in [0.15, 0.2) is 12.1 Å². The van der Waals surface area contributed by atoms with Gasteiger partial charge in [-0.1, -0.05) is 71.6 Å². The van der Waals surface area contributed by atoms with E-state index in [1.807, 2.05) is 0 Å². The Bertz CT molecular complexity index is 556. The molecule has 1 rings (SSSR count). The molecule has 24 heavy (non-hydrogen) atoms. The van der Waals surface area contributed by atoms with Gasteiger partial charge in [-0.2, -0.15) is 0 Å². The Labute approximate surface area is 149 Å². The molecule has 1 unspecified atom stereocenters. The van der Waals surface area contributed by atoms with Crippen LogP contribution in [0.25, 0.3) is 0 Å². The molecule has 3 heteroatoms. The maximum atomic E-state index is 13.0. The SMILES string of the molecule is CCCCC[P+](=O)C(=O)c1c(C(C)C)cc(C(C)C)cc1C(C)C. The fourth-order valence-corrected chi connectivity index (χ4v) is 4.16. The summed E-state index contributed by atoms with van der Waals surface area (Å²) in [6.45, 7) is 14.9. The minimum absolute atomic E-state index is 0.135. The number of benzene rings is 1. The number of unbranched alkanes of at least 4 members (excludes halogenated alkanes) is 2. The van der Waals surface area contributed by atoms with Crippen molar-refractivity contribution in [2.24, 2.45) is 0 Å². The molecule has 0 radical (unpaired) electrons. The first-order valence-electron chi connectivity index (χ1n) is 9.37. The molecule has 0 fully saturated rings. The third-order valence-corrected chi connectivity index (χ3v) is 5.94. The van der Waals surface area contributed by atoms with Crippen molar-refractivity contribution in [3.8, 4) is 0 Å². The van der Waals surface area contributed by atoms with Crippen molar-refractivity contribution in [2.75, 3.05) is 6.16 Å². The summed E-state index contributed by atoms with van der Waals surface area (Å²) < 4.78 is 12.6. The second-order valence-electron chi connectivity index (χ2n) is 7.65. The standard InChI is InChI=1S/C21H34O2P/c1-8-9-10-11-24(23)21(22)20-18(15(4)5)12-17(14(2)3)13-19(20)16(6)7/h12-16H,8-11H2,1-7H3/q+1. The van der Waals surface area contributed by atoms with E-state index in [-0.39, 0.29) is 17.4 Å². The molecule has 1 atom stereocenters. The summed E-state index contributed by atoms with van der Waals surface area (Å²) in [4.78, 5) is 13.0. The summed E-state index contributed by atoms with van der Waals surface area (Å²) in [6, 6.07) is 4.31. The van der Waals surface area contributed by atoms with Crippen LogP contribution in [0.4, 0.5) is 0 Å². The van der Waals surface area contributed by atoms with E-state index in [9.17, 15) is 9.36 Å². The van der Waals surface area contributed by atoms with Gasteiger partial charge in [0, 0.05) is 0 Å². The first kappa shape index (κ1) is 21.0. The number of rotatable bonds is 9. The van der Waals surface area contributed by atoms with Crippen molar-refractivity contribution in [3.05, 3.63) is 34.4 Å². The number of carbonyl (C=O) groups is 1. The Hall–Kier alpha value is -1.01. The molecule has 0 bridgehead atoms. The first-order chi connectivity index (χ1) is 11.2. The predicted octanol–water partition coefficient (Wildman–Crippen LogP) is 7.21. The molecular weight excluding hydrogens is 315 g/mol. The van der Waals surface area contributed by atoms with Gasteiger partial charge in [-0.05, 0) is 47.3 Å². The first-order valence-corrected chi connectivity index (χ1v) is 10.8. The molecule has 1 aromatic carbocycles. The molecule has 134 valence electrons. The summed E-state index contributed by atoms with van der Waals surface area (Å²) >= 11 is 0. The topological polar surface area (TPSA) is 34.1 Å². The molecule has 0 spiro atoms. The zero-order valence-corrected chi connectivity index (χ0v) is 17.4. The van der Waals surface area contributed by atoms with Crippen molar-refractivity contribution in [2.45, 2.75) is 85.5 Å². The molecule has 0 saturated heterocycles. The van der Waals surface area contributed by atoms with E-state index in [1.165, 1.54) is 5.56 Å². The highest BCUT2D eigenvalue weighted by atomic mass is 31.1. The van der Waals surface area contributed by atoms with Crippen molar-refractivity contribution in [1.82, 2.24) is 0 Å². The maximum Gasteiger partial charge on any atom is 0.420 e. The van der Waals surface area contributed by atoms with Gasteiger partial charge in [0.15, 0.2) is 6.16 Å². The van der Waals surface area contributed by atoms with E-state index in [0.29, 0.717) is 12.1 Å². The number of carbonyl (C=O) groups excluding carboxylic acids is 1. The zero-order chi connectivity index (χ0) is 18.4. The van der Waals surface area contributed by atoms with Gasteiger partial charge in [-0.15, -0.1) is 0 Å². The molecule has 0 saturated carbocycles. The van der Waals surface area contributed by atoms with Crippen LogP contribution >= 0.6 is 7.80 Å². The van der Waals surface area contributed by atoms with Crippen LogP contribution in [0.5, 0.6) is 0 Å². The predicted molar refractivity (Wildman–Crippen MR) is 105 cm³/mol. The minimum Gasteiger partial charge on any atom is -0.234 e. The van der Waals surface area contributed by atoms with Gasteiger partial charge >= 0.3 is 13.3 Å². The summed E-state index contributed by atoms with van der Waals surface area (Å²) in [5.41, 5.74) is 3.99. The van der Waals surface area contributed by atoms with E-state index in [1.54, 1.807) is 0 Å². The number of hydrogen-bond donors (Lipinski definition) is 0. The van der Waals surface area contributed by atoms with Crippen LogP contribution in [-0.2, 0) is 4.57 Å². The van der Waals surface area contributed by atoms with Gasteiger partial charge in [-0.3, -0.25) is 0 Å². The summed E-state index contributed by atoms with van der Waals surface area (Å²) in [5, 5.41) is 0. The van der Waals surface area contributed by atoms with Crippen molar-refractivity contribution in [1.29, 1.82) is 0 Å². The Balaban J connectivity index is 3.38. The fourth-order valence-electron chi connectivity index (χ4n) is 2.93. The molecule has 2 nitrogen and oxygen atoms in total.